The Kier molecular flexibility index (Phi) is 23.3. The van der Waals surface area contributed by atoms with Gasteiger partial charge in [-0.1, -0.05) is 77.5 Å². The van der Waals surface area contributed by atoms with Crippen LogP contribution in [0.4, 0.5) is 5.69 Å². The Morgan fingerprint density at radius 2 is 0.873 bits per heavy atom. The number of rotatable bonds is 24. The molecule has 1 amide bonds. The van der Waals surface area contributed by atoms with Gasteiger partial charge in [0, 0.05) is 12.8 Å². The molecule has 18 nitrogen and oxygen atoms in total. The zero-order valence-corrected chi connectivity index (χ0v) is 49.4. The quantitative estimate of drug-likeness (QED) is 0.0297. The maximum absolute atomic E-state index is 14.4. The zero-order chi connectivity index (χ0) is 59.0. The van der Waals surface area contributed by atoms with Crippen LogP contribution in [0.2, 0.25) is 0 Å². The Balaban J connectivity index is 1.68. The highest BCUT2D eigenvalue weighted by molar-refractivity contribution is 7.58. The molecule has 0 radical (unpaired) electrons. The van der Waals surface area contributed by atoms with E-state index in [4.69, 9.17) is 37.5 Å². The molecule has 0 aliphatic heterocycles. The van der Waals surface area contributed by atoms with Crippen molar-refractivity contribution in [2.75, 3.05) is 5.32 Å². The first-order valence-electron chi connectivity index (χ1n) is 26.0. The molecule has 0 spiro atoms. The minimum Gasteiger partial charge on any atom is -0.423 e. The summed E-state index contributed by atoms with van der Waals surface area (Å²) in [4.78, 5) is 92.6. The monoisotopic (exact) mass is 1130 g/mol. The molecule has 426 valence electrons. The van der Waals surface area contributed by atoms with Crippen LogP contribution < -0.4 is 14.8 Å². The fourth-order valence-electron chi connectivity index (χ4n) is 7.17. The molecule has 4 aromatic rings. The van der Waals surface area contributed by atoms with E-state index in [-0.39, 0.29) is 41.7 Å². The van der Waals surface area contributed by atoms with Crippen LogP contribution in [0, 0.1) is 21.7 Å². The lowest BCUT2D eigenvalue weighted by molar-refractivity contribution is -0.244. The van der Waals surface area contributed by atoms with E-state index in [1.54, 1.807) is 78.9 Å². The minimum atomic E-state index is -3.35. The number of ether oxygens (including phenoxy) is 6. The second-order valence-corrected chi connectivity index (χ2v) is 26.0. The number of anilines is 1. The number of amides is 1. The Hall–Kier alpha value is -6.71. The van der Waals surface area contributed by atoms with Crippen LogP contribution in [0.25, 0.3) is 0 Å². The van der Waals surface area contributed by atoms with E-state index >= 15 is 0 Å². The Labute approximate surface area is 465 Å². The number of carbonyl (C=O) groups is 7. The molecule has 4 aromatic carbocycles. The molecule has 4 atom stereocenters. The summed E-state index contributed by atoms with van der Waals surface area (Å²) in [6.07, 6.45) is 0.439. The van der Waals surface area contributed by atoms with Crippen LogP contribution in [0.5, 0.6) is 11.5 Å². The molecular weight excluding hydrogens is 1060 g/mol. The van der Waals surface area contributed by atoms with Gasteiger partial charge < -0.3 is 33.7 Å². The van der Waals surface area contributed by atoms with E-state index in [0.29, 0.717) is 24.2 Å². The highest BCUT2D eigenvalue weighted by atomic mass is 31.2. The van der Waals surface area contributed by atoms with Gasteiger partial charge in [0.25, 0.3) is 0 Å². The Bertz CT molecular complexity index is 2660. The number of hydrogen-bond acceptors (Lipinski definition) is 17. The predicted octanol–water partition coefficient (Wildman–Crippen LogP) is 13.7. The first-order chi connectivity index (χ1) is 36.8. The molecule has 0 aromatic heterocycles. The van der Waals surface area contributed by atoms with Crippen molar-refractivity contribution >= 4 is 63.5 Å². The first-order valence-corrected chi connectivity index (χ1v) is 28.5. The molecule has 0 fully saturated rings. The molecule has 0 saturated heterocycles. The van der Waals surface area contributed by atoms with Gasteiger partial charge in [0.1, 0.15) is 5.75 Å². The summed E-state index contributed by atoms with van der Waals surface area (Å²) >= 11 is 0. The summed E-state index contributed by atoms with van der Waals surface area (Å²) < 4.78 is 72.8. The van der Waals surface area contributed by atoms with E-state index in [1.807, 2.05) is 38.1 Å². The normalized spacial score (nSPS) is 13.5. The van der Waals surface area contributed by atoms with Crippen LogP contribution in [0.1, 0.15) is 173 Å². The van der Waals surface area contributed by atoms with Gasteiger partial charge in [0.2, 0.25) is 5.91 Å². The number of nitrogens with one attached hydrogen (secondary N) is 1. The van der Waals surface area contributed by atoms with Crippen LogP contribution >= 0.6 is 16.1 Å². The van der Waals surface area contributed by atoms with Crippen LogP contribution in [0.3, 0.4) is 0 Å². The SMILES string of the molecule is CCC(c1ccc(OC(=O)c2ccccc2)cc1)C(CC)c1ccc(OC(=O)c2ccccc2)c(NC(=O)CCCC([P+](=O)OC(OC(=O)C(C)(C)C)OC(=O)C(C)(C)C)[P+](=O)OC(OC(=O)C(C)(C)C)OC(=O)C(C)(C)C)c1. The molecule has 1 N–H and O–H groups in total. The van der Waals surface area contributed by atoms with Gasteiger partial charge in [-0.05, 0) is 183 Å². The maximum atomic E-state index is 14.4. The van der Waals surface area contributed by atoms with Crippen molar-refractivity contribution in [3.8, 4) is 11.5 Å². The molecule has 0 aliphatic carbocycles. The average molecular weight is 1130 g/mol. The number of carbonyl (C=O) groups excluding carboxylic acids is 7. The summed E-state index contributed by atoms with van der Waals surface area (Å²) in [6, 6.07) is 29.4. The number of benzene rings is 4. The molecule has 20 heteroatoms. The van der Waals surface area contributed by atoms with Crippen molar-refractivity contribution in [2.24, 2.45) is 21.7 Å². The van der Waals surface area contributed by atoms with Gasteiger partial charge in [-0.15, -0.1) is 0 Å². The van der Waals surface area contributed by atoms with E-state index in [1.165, 1.54) is 83.1 Å². The summed E-state index contributed by atoms with van der Waals surface area (Å²) in [5.41, 5.74) is -2.05. The zero-order valence-electron chi connectivity index (χ0n) is 47.6. The molecule has 0 bridgehead atoms. The van der Waals surface area contributed by atoms with E-state index in [0.717, 1.165) is 11.1 Å². The lowest BCUT2D eigenvalue weighted by Crippen LogP contribution is -2.35. The van der Waals surface area contributed by atoms with Gasteiger partial charge in [-0.25, -0.2) is 9.59 Å². The molecule has 0 saturated carbocycles. The van der Waals surface area contributed by atoms with Gasteiger partial charge in [-0.2, -0.15) is 0 Å². The third-order valence-electron chi connectivity index (χ3n) is 11.8. The Morgan fingerprint density at radius 1 is 0.494 bits per heavy atom. The molecule has 0 aliphatic rings. The predicted molar refractivity (Wildman–Crippen MR) is 295 cm³/mol. The van der Waals surface area contributed by atoms with Gasteiger partial charge >= 0.3 is 70.2 Å². The topological polar surface area (TPSA) is 239 Å². The molecule has 4 unspecified atom stereocenters. The maximum Gasteiger partial charge on any atom is 0.574 e. The average Bonchev–Trinajstić information content (AvgIpc) is 3.37. The van der Waals surface area contributed by atoms with Crippen molar-refractivity contribution < 1.29 is 80.2 Å². The van der Waals surface area contributed by atoms with Crippen molar-refractivity contribution in [1.82, 2.24) is 0 Å². The second-order valence-electron chi connectivity index (χ2n) is 22.8. The van der Waals surface area contributed by atoms with Crippen molar-refractivity contribution in [3.05, 3.63) is 125 Å². The van der Waals surface area contributed by atoms with Crippen molar-refractivity contribution in [1.29, 1.82) is 0 Å². The summed E-state index contributed by atoms with van der Waals surface area (Å²) in [6.45, 7) is 17.8. The van der Waals surface area contributed by atoms with Crippen molar-refractivity contribution in [3.63, 3.8) is 0 Å². The fraction of sp³-hybridized carbons (Fsp3) is 0.475. The molecule has 79 heavy (non-hydrogen) atoms. The number of hydrogen-bond donors (Lipinski definition) is 1. The summed E-state index contributed by atoms with van der Waals surface area (Å²) in [5.74, 6) is -5.22. The van der Waals surface area contributed by atoms with Crippen LogP contribution in [0.15, 0.2) is 103 Å². The van der Waals surface area contributed by atoms with E-state index in [9.17, 15) is 42.7 Å². The van der Waals surface area contributed by atoms with Crippen LogP contribution in [-0.4, -0.2) is 60.1 Å². The minimum absolute atomic E-state index is 0.0329. The van der Waals surface area contributed by atoms with Crippen LogP contribution in [-0.2, 0) is 61.1 Å². The standard InChI is InChI=1S/C59H74NO17P2/c1-15-42(37-30-33-41(34-31-37)70-48(62)38-24-19-17-20-25-38)43(16-2)40-32-35-45(71-49(63)39-26-21-18-22-27-39)44(36-40)60-46(61)28-23-29-47(78(68)76-54(72-50(64)56(3,4)5)73-51(65)57(6,7)8)79(69)77-55(74-52(66)58(9,10)11)75-53(67)59(12,13)14/h17-22,24-27,30-36,42-43,47,54-55H,15-16,23,28-29H2,1-14H3/q+1/p+1. The van der Waals surface area contributed by atoms with E-state index in [2.05, 4.69) is 5.32 Å². The van der Waals surface area contributed by atoms with Gasteiger partial charge in [0.15, 0.2) is 5.75 Å². The molecular formula is C59H75NO17P2+2. The largest absolute Gasteiger partial charge is 0.574 e. The van der Waals surface area contributed by atoms with E-state index < -0.39 is 104 Å². The fourth-order valence-corrected chi connectivity index (χ4v) is 9.69. The number of esters is 6. The Morgan fingerprint density at radius 3 is 1.27 bits per heavy atom. The lowest BCUT2D eigenvalue weighted by Gasteiger charge is -2.27. The van der Waals surface area contributed by atoms with Gasteiger partial charge in [0.05, 0.1) is 38.5 Å². The highest BCUT2D eigenvalue weighted by Gasteiger charge is 2.56. The highest BCUT2D eigenvalue weighted by Crippen LogP contribution is 2.51. The first kappa shape index (κ1) is 64.8. The second kappa shape index (κ2) is 28.4. The van der Waals surface area contributed by atoms with Crippen molar-refractivity contribution in [2.45, 2.75) is 159 Å². The molecule has 4 rings (SSSR count). The summed E-state index contributed by atoms with van der Waals surface area (Å²) in [7, 11) is -6.70. The third kappa shape index (κ3) is 20.2. The lowest BCUT2D eigenvalue weighted by atomic mass is 9.78. The molecule has 0 heterocycles. The smallest absolute Gasteiger partial charge is 0.423 e. The van der Waals surface area contributed by atoms with Gasteiger partial charge in [-0.3, -0.25) is 24.0 Å². The third-order valence-corrected chi connectivity index (χ3v) is 15.2. The summed E-state index contributed by atoms with van der Waals surface area (Å²) in [5, 5.41) is 1.14.